The molecule has 0 spiro atoms. The van der Waals surface area contributed by atoms with Crippen LogP contribution in [0.15, 0.2) is 237 Å². The predicted octanol–water partition coefficient (Wildman–Crippen LogP) is 29.3. The molecule has 20 bridgehead atoms. The van der Waals surface area contributed by atoms with Crippen LogP contribution >= 0.6 is 0 Å². The highest BCUT2D eigenvalue weighted by Crippen LogP contribution is 2.34. The number of benzene rings is 8. The first-order chi connectivity index (χ1) is 65.5. The van der Waals surface area contributed by atoms with Crippen molar-refractivity contribution in [3.63, 3.8) is 0 Å². The van der Waals surface area contributed by atoms with Crippen molar-refractivity contribution in [2.24, 2.45) is 0 Å². The zero-order chi connectivity index (χ0) is 93.1. The number of pyridine rings is 4. The van der Waals surface area contributed by atoms with Gasteiger partial charge in [0.2, 0.25) is 0 Å². The number of nitrogens with zero attached hydrogens (tertiary/aromatic N) is 6. The van der Waals surface area contributed by atoms with Crippen LogP contribution in [-0.4, -0.2) is 59.5 Å². The van der Waals surface area contributed by atoms with Gasteiger partial charge in [0, 0.05) is 188 Å². The lowest BCUT2D eigenvalue weighted by molar-refractivity contribution is 0.117. The average Bonchev–Trinajstić information content (AvgIpc) is 0.788. The Morgan fingerprint density at radius 2 is 0.530 bits per heavy atom. The first-order valence-electron chi connectivity index (χ1n) is 48.2. The summed E-state index contributed by atoms with van der Waals surface area (Å²) >= 11 is 0. The van der Waals surface area contributed by atoms with E-state index in [2.05, 4.69) is 259 Å². The van der Waals surface area contributed by atoms with E-state index in [9.17, 15) is 9.59 Å². The van der Waals surface area contributed by atoms with Crippen molar-refractivity contribution >= 4 is 142 Å². The normalized spacial score (nSPS) is 11.2. The molecule has 21 aromatic rings. The molecule has 0 radical (unpaired) electrons. The predicted molar refractivity (Wildman–Crippen MR) is 553 cm³/mol. The van der Waals surface area contributed by atoms with Gasteiger partial charge in [0.15, 0.2) is 0 Å². The molecule has 9 aromatic carbocycles. The van der Waals surface area contributed by atoms with Gasteiger partial charge in [0.25, 0.3) is 0 Å². The maximum absolute atomic E-state index is 12.8. The molecule has 0 amide bonds. The summed E-state index contributed by atoms with van der Waals surface area (Å²) in [5, 5.41) is 15.9. The van der Waals surface area contributed by atoms with Crippen molar-refractivity contribution in [1.29, 1.82) is 0 Å². The monoisotopic (exact) mass is 1770 g/mol. The van der Waals surface area contributed by atoms with E-state index in [0.717, 1.165) is 263 Å². The molecule has 0 unspecified atom stereocenters. The smallest absolute Gasteiger partial charge is 0.336 e. The van der Waals surface area contributed by atoms with E-state index in [1.54, 1.807) is 12.1 Å². The quantitative estimate of drug-likeness (QED) is 0.0270. The van der Waals surface area contributed by atoms with E-state index in [4.69, 9.17) is 47.7 Å². The van der Waals surface area contributed by atoms with Crippen molar-refractivity contribution in [2.45, 2.75) is 211 Å². The number of fused-ring (bicyclic) bond motifs is 2. The Hall–Kier alpha value is -13.5. The summed E-state index contributed by atoms with van der Waals surface area (Å²) < 4.78 is 37.4. The second-order valence-corrected chi connectivity index (χ2v) is 35.5. The standard InChI is InChI=1S/C120H122N6O8/c1-11-17-21-25-45-129-79-97-59-91-33-29-87-53-88(56-95(55-87)77-125(15-5)115-71-117-109(49-85(115)9)83(7)51-119(127)133-117)30-34-92-60-98(80-130-46-26-22-18-12-2)69-107(64-92)103-39-43-113(123-75-103)114-44-40-104(76-124-114)108-66-94(62-100(70-108)82-132-48-28-24-20-14-4)36-32-90-54-89(57-96(58-90)78-126(16-6)116-72-118-110(50-86(116)10)84(8)52-120(128)134-118)31-35-93-61-99(81-131-47-27-23-19-13-3)68-106(65-93)102-38-42-112(122-74-102)111-41-37-101(73-121-111)105(63-91)67-97/h37-44,49-76H,11-28,45-48,77-82H2,1-10H3. The minimum absolute atomic E-state index is 0.375. The van der Waals surface area contributed by atoms with Crippen molar-refractivity contribution in [2.75, 3.05) is 49.3 Å². The Bertz CT molecular complexity index is 6470. The van der Waals surface area contributed by atoms with Crippen LogP contribution in [0.5, 0.6) is 0 Å². The topological polar surface area (TPSA) is 155 Å². The summed E-state index contributed by atoms with van der Waals surface area (Å²) in [6.07, 6.45) is 25.4. The van der Waals surface area contributed by atoms with E-state index < -0.39 is 0 Å². The molecular formula is C120H122N6O8. The highest BCUT2D eigenvalue weighted by Gasteiger charge is 2.17. The van der Waals surface area contributed by atoms with E-state index >= 15 is 0 Å². The molecule has 0 aliphatic rings. The van der Waals surface area contributed by atoms with Crippen molar-refractivity contribution < 1.29 is 27.8 Å². The number of ether oxygens (including phenoxy) is 4. The first-order valence-corrected chi connectivity index (χ1v) is 48.2. The van der Waals surface area contributed by atoms with Gasteiger partial charge >= 0.3 is 11.3 Å². The van der Waals surface area contributed by atoms with Crippen LogP contribution < -0.4 is 21.1 Å². The Kier molecular flexibility index (Phi) is 33.5. The van der Waals surface area contributed by atoms with Crippen molar-refractivity contribution in [1.82, 2.24) is 19.9 Å². The van der Waals surface area contributed by atoms with Gasteiger partial charge in [-0.1, -0.05) is 178 Å². The molecule has 0 aliphatic heterocycles. The molecule has 680 valence electrons. The number of aromatic nitrogens is 4. The van der Waals surface area contributed by atoms with E-state index in [1.807, 2.05) is 75.0 Å². The zero-order valence-electron chi connectivity index (χ0n) is 79.5. The molecule has 14 nitrogen and oxygen atoms in total. The number of unbranched alkanes of at least 4 members (excludes halogenated alkanes) is 12. The summed E-state index contributed by atoms with van der Waals surface area (Å²) in [6.45, 7) is 28.1. The summed E-state index contributed by atoms with van der Waals surface area (Å²) in [5.41, 5.74) is 15.2. The molecule has 12 heterocycles. The minimum atomic E-state index is -0.375. The second kappa shape index (κ2) is 47.2. The Morgan fingerprint density at radius 1 is 0.269 bits per heavy atom. The van der Waals surface area contributed by atoms with Crippen LogP contribution in [0.1, 0.15) is 200 Å². The lowest BCUT2D eigenvalue weighted by Gasteiger charge is -2.25. The molecule has 0 atom stereocenters. The minimum Gasteiger partial charge on any atom is -0.423 e. The molecule has 0 fully saturated rings. The van der Waals surface area contributed by atoms with Gasteiger partial charge in [-0.3, -0.25) is 19.9 Å². The summed E-state index contributed by atoms with van der Waals surface area (Å²) in [7, 11) is 0. The third-order valence-corrected chi connectivity index (χ3v) is 24.6. The number of hydrogen-bond donors (Lipinski definition) is 0. The number of hydrogen-bond acceptors (Lipinski definition) is 14. The summed E-state index contributed by atoms with van der Waals surface area (Å²) in [4.78, 5) is 50.7. The molecule has 21 rings (SSSR count). The fourth-order valence-electron chi connectivity index (χ4n) is 17.4. The molecule has 0 saturated heterocycles. The second-order valence-electron chi connectivity index (χ2n) is 35.5. The maximum Gasteiger partial charge on any atom is 0.336 e. The van der Waals surface area contributed by atoms with Crippen LogP contribution in [0.25, 0.3) is 130 Å². The largest absolute Gasteiger partial charge is 0.423 e. The summed E-state index contributed by atoms with van der Waals surface area (Å²) in [5.74, 6) is 0. The number of anilines is 2. The van der Waals surface area contributed by atoms with Gasteiger partial charge < -0.3 is 37.6 Å². The van der Waals surface area contributed by atoms with Crippen LogP contribution in [0.3, 0.4) is 0 Å². The van der Waals surface area contributed by atoms with Crippen LogP contribution in [-0.2, 0) is 58.5 Å². The molecule has 134 heavy (non-hydrogen) atoms. The van der Waals surface area contributed by atoms with Gasteiger partial charge in [0.1, 0.15) is 11.2 Å². The Balaban J connectivity index is 0.915. The van der Waals surface area contributed by atoms with Gasteiger partial charge in [-0.05, 0) is 290 Å². The number of aryl methyl sites for hydroxylation is 4. The van der Waals surface area contributed by atoms with Gasteiger partial charge in [-0.2, -0.15) is 0 Å². The molecule has 0 saturated carbocycles. The first kappa shape index (κ1) is 95.1. The Labute approximate surface area is 789 Å². The highest BCUT2D eigenvalue weighted by atomic mass is 16.5. The van der Waals surface area contributed by atoms with E-state index in [-0.39, 0.29) is 11.3 Å². The van der Waals surface area contributed by atoms with E-state index in [0.29, 0.717) is 90.2 Å². The van der Waals surface area contributed by atoms with Gasteiger partial charge in [-0.15, -0.1) is 0 Å². The molecular weight excluding hydrogens is 1650 g/mol. The molecule has 0 aliphatic carbocycles. The van der Waals surface area contributed by atoms with Crippen LogP contribution in [0, 0.1) is 76.2 Å². The third kappa shape index (κ3) is 26.1. The van der Waals surface area contributed by atoms with Crippen LogP contribution in [0.4, 0.5) is 11.4 Å². The third-order valence-electron chi connectivity index (χ3n) is 24.6. The average molecular weight is 1780 g/mol. The maximum atomic E-state index is 12.8. The van der Waals surface area contributed by atoms with Crippen LogP contribution in [0.2, 0.25) is 0 Å². The van der Waals surface area contributed by atoms with Gasteiger partial charge in [0.05, 0.1) is 48.5 Å². The highest BCUT2D eigenvalue weighted by molar-refractivity contribution is 5.93. The number of rotatable bonds is 36. The fraction of sp³-hybridized carbons (Fsp3) is 0.317. The summed E-state index contributed by atoms with van der Waals surface area (Å²) in [6, 6.07) is 95.7. The molecule has 0 N–H and O–H groups in total. The SMILES string of the molecule is CCCCCCOCc1cc2c#cc3cc(CN(CC)c4cc5oc(=O)cc(C)c5cc4C)cc(c#cc4cc(COCCCCCC)cc(c4)c4ccc(nc4)c4ccc(cn4)c4cc(COCCCCCC)cc(c#cc5cc(CN(CC)c6cc7oc(=O)cc(C)c7cc6C)cc(c#cc6cc(COCCCCCC)cc(c6)c6ccc(nc6)c6ccc(cn6)c(c1)c2)c5)c4)c3. The lowest BCUT2D eigenvalue weighted by atomic mass is 10.0. The lowest BCUT2D eigenvalue weighted by Crippen LogP contribution is -2.23. The van der Waals surface area contributed by atoms with Crippen molar-refractivity contribution in [3.8, 4) is 0 Å². The van der Waals surface area contributed by atoms with Gasteiger partial charge in [-0.25, -0.2) is 9.59 Å². The fourth-order valence-corrected chi connectivity index (χ4v) is 17.4. The molecule has 14 heteroatoms. The van der Waals surface area contributed by atoms with Crippen molar-refractivity contribution in [3.05, 3.63) is 344 Å². The molecule has 12 aromatic heterocycles. The Morgan fingerprint density at radius 3 is 0.776 bits per heavy atom. The van der Waals surface area contributed by atoms with E-state index in [1.165, 1.54) is 25.7 Å². The zero-order valence-corrected chi connectivity index (χ0v) is 79.5.